The number of carboxylic acids is 2. The van der Waals surface area contributed by atoms with E-state index in [4.69, 9.17) is 0 Å². The van der Waals surface area contributed by atoms with Crippen molar-refractivity contribution in [3.05, 3.63) is 0 Å². The first-order valence-electron chi connectivity index (χ1n) is 3.69. The minimum absolute atomic E-state index is 0.263. The molecule has 0 saturated carbocycles. The molecule has 0 saturated heterocycles. The van der Waals surface area contributed by atoms with Crippen LogP contribution >= 0.6 is 0 Å². The fourth-order valence-corrected chi connectivity index (χ4v) is 0.706. The second kappa shape index (κ2) is 3.56. The van der Waals surface area contributed by atoms with E-state index in [1.165, 1.54) is 13.8 Å². The summed E-state index contributed by atoms with van der Waals surface area (Å²) in [7, 11) is 0. The van der Waals surface area contributed by atoms with Crippen LogP contribution in [0.2, 0.25) is 0 Å². The van der Waals surface area contributed by atoms with Crippen LogP contribution in [0.3, 0.4) is 0 Å². The van der Waals surface area contributed by atoms with Gasteiger partial charge in [0.15, 0.2) is 0 Å². The zero-order valence-electron chi connectivity index (χ0n) is 7.42. The fourth-order valence-electron chi connectivity index (χ4n) is 0.706. The minimum atomic E-state index is -1.24. The second-order valence-electron chi connectivity index (χ2n) is 3.49. The lowest BCUT2D eigenvalue weighted by Crippen LogP contribution is -2.44. The molecule has 0 aliphatic rings. The van der Waals surface area contributed by atoms with Gasteiger partial charge in [-0.15, -0.1) is 0 Å². The van der Waals surface area contributed by atoms with Crippen molar-refractivity contribution in [3.8, 4) is 0 Å². The van der Waals surface area contributed by atoms with E-state index in [1.807, 2.05) is 0 Å². The van der Waals surface area contributed by atoms with Gasteiger partial charge >= 0.3 is 0 Å². The molecule has 12 heavy (non-hydrogen) atoms. The molecular weight excluding hydrogens is 160 g/mol. The van der Waals surface area contributed by atoms with E-state index < -0.39 is 23.3 Å². The van der Waals surface area contributed by atoms with E-state index in [0.29, 0.717) is 0 Å². The van der Waals surface area contributed by atoms with Gasteiger partial charge < -0.3 is 19.8 Å². The first-order valence-corrected chi connectivity index (χ1v) is 3.69. The molecule has 0 aromatic carbocycles. The zero-order valence-corrected chi connectivity index (χ0v) is 7.42. The maximum absolute atomic E-state index is 10.5. The number of rotatable bonds is 4. The average Bonchev–Trinajstić information content (AvgIpc) is 1.85. The van der Waals surface area contributed by atoms with Gasteiger partial charge in [0.2, 0.25) is 0 Å². The van der Waals surface area contributed by atoms with Crippen LogP contribution in [0.4, 0.5) is 0 Å². The highest BCUT2D eigenvalue weighted by molar-refractivity contribution is 5.73. The Morgan fingerprint density at radius 1 is 1.33 bits per heavy atom. The predicted molar refractivity (Wildman–Crippen MR) is 37.6 cm³/mol. The summed E-state index contributed by atoms with van der Waals surface area (Å²) >= 11 is 0. The second-order valence-corrected chi connectivity index (χ2v) is 3.49. The van der Waals surface area contributed by atoms with Crippen molar-refractivity contribution >= 4 is 11.9 Å². The highest BCUT2D eigenvalue weighted by Gasteiger charge is 2.27. The van der Waals surface area contributed by atoms with Crippen LogP contribution in [-0.4, -0.2) is 11.9 Å². The molecule has 0 aromatic heterocycles. The lowest BCUT2D eigenvalue weighted by molar-refractivity contribution is -0.321. The molecule has 0 aromatic rings. The van der Waals surface area contributed by atoms with Gasteiger partial charge in [0.05, 0.1) is 0 Å². The summed E-state index contributed by atoms with van der Waals surface area (Å²) in [5.41, 5.74) is -1.12. The topological polar surface area (TPSA) is 80.3 Å². The Kier molecular flexibility index (Phi) is 3.24. The van der Waals surface area contributed by atoms with Crippen LogP contribution in [-0.2, 0) is 9.59 Å². The summed E-state index contributed by atoms with van der Waals surface area (Å²) in [4.78, 5) is 20.7. The van der Waals surface area contributed by atoms with E-state index in [2.05, 4.69) is 0 Å². The van der Waals surface area contributed by atoms with Crippen molar-refractivity contribution in [1.82, 2.24) is 0 Å². The number of hydrogen-bond acceptors (Lipinski definition) is 4. The number of carboxylic acid groups (broad SMARTS) is 2. The van der Waals surface area contributed by atoms with Crippen molar-refractivity contribution in [2.75, 3.05) is 0 Å². The third-order valence-electron chi connectivity index (χ3n) is 2.23. The van der Waals surface area contributed by atoms with Crippen molar-refractivity contribution in [2.24, 2.45) is 11.3 Å². The van der Waals surface area contributed by atoms with E-state index in [-0.39, 0.29) is 6.42 Å². The van der Waals surface area contributed by atoms with Gasteiger partial charge in [0, 0.05) is 17.4 Å². The Morgan fingerprint density at radius 2 is 1.75 bits per heavy atom. The smallest absolute Gasteiger partial charge is 0.0473 e. The monoisotopic (exact) mass is 172 g/mol. The summed E-state index contributed by atoms with van der Waals surface area (Å²) in [6, 6.07) is 0. The van der Waals surface area contributed by atoms with Crippen LogP contribution < -0.4 is 10.2 Å². The zero-order chi connectivity index (χ0) is 9.94. The molecular formula is C8H12O4-2. The molecule has 0 spiro atoms. The quantitative estimate of drug-likeness (QED) is 0.519. The third kappa shape index (κ3) is 2.53. The Hall–Kier alpha value is -1.06. The first-order chi connectivity index (χ1) is 5.28. The van der Waals surface area contributed by atoms with Crippen LogP contribution in [0.5, 0.6) is 0 Å². The molecule has 1 unspecified atom stereocenters. The summed E-state index contributed by atoms with van der Waals surface area (Å²) in [5, 5.41) is 20.7. The molecule has 1 atom stereocenters. The Balaban J connectivity index is 4.35. The number of carbonyl (C=O) groups excluding carboxylic acids is 2. The highest BCUT2D eigenvalue weighted by Crippen LogP contribution is 2.27. The van der Waals surface area contributed by atoms with Crippen LogP contribution in [0.25, 0.3) is 0 Å². The molecule has 0 N–H and O–H groups in total. The molecule has 0 rings (SSSR count). The molecule has 0 bridgehead atoms. The minimum Gasteiger partial charge on any atom is -0.550 e. The number of carbonyl (C=O) groups is 2. The maximum atomic E-state index is 10.5. The summed E-state index contributed by atoms with van der Waals surface area (Å²) in [6.45, 7) is 4.43. The van der Waals surface area contributed by atoms with Crippen LogP contribution in [0, 0.1) is 11.3 Å². The SMILES string of the molecule is CC(CC(=O)[O-])C(C)(C)C(=O)[O-]. The lowest BCUT2D eigenvalue weighted by atomic mass is 9.78. The molecule has 70 valence electrons. The molecule has 0 aliphatic carbocycles. The Morgan fingerprint density at radius 3 is 2.00 bits per heavy atom. The van der Waals surface area contributed by atoms with E-state index in [1.54, 1.807) is 6.92 Å². The van der Waals surface area contributed by atoms with Gasteiger partial charge in [-0.3, -0.25) is 0 Å². The Labute approximate surface area is 71.2 Å². The molecule has 0 aliphatic heterocycles. The van der Waals surface area contributed by atoms with Gasteiger partial charge in [-0.2, -0.15) is 0 Å². The summed E-state index contributed by atoms with van der Waals surface area (Å²) in [6.07, 6.45) is -0.263. The van der Waals surface area contributed by atoms with Crippen LogP contribution in [0.15, 0.2) is 0 Å². The Bertz CT molecular complexity index is 195. The molecule has 4 heteroatoms. The maximum Gasteiger partial charge on any atom is 0.0473 e. The highest BCUT2D eigenvalue weighted by atomic mass is 16.4. The van der Waals surface area contributed by atoms with Gasteiger partial charge in [-0.25, -0.2) is 0 Å². The molecule has 0 amide bonds. The standard InChI is InChI=1S/C8H14O4/c1-5(4-6(9)10)8(2,3)7(11)12/h5H,4H2,1-3H3,(H,9,10)(H,11,12)/p-2. The lowest BCUT2D eigenvalue weighted by Gasteiger charge is -2.32. The summed E-state index contributed by atoms with van der Waals surface area (Å²) in [5.74, 6) is -2.97. The largest absolute Gasteiger partial charge is 0.550 e. The van der Waals surface area contributed by atoms with Crippen molar-refractivity contribution in [3.63, 3.8) is 0 Å². The number of hydrogen-bond donors (Lipinski definition) is 0. The van der Waals surface area contributed by atoms with Crippen molar-refractivity contribution < 1.29 is 19.8 Å². The molecule has 0 heterocycles. The van der Waals surface area contributed by atoms with Crippen LogP contribution in [0.1, 0.15) is 27.2 Å². The third-order valence-corrected chi connectivity index (χ3v) is 2.23. The first kappa shape index (κ1) is 10.9. The molecule has 4 nitrogen and oxygen atoms in total. The van der Waals surface area contributed by atoms with Gasteiger partial charge in [-0.05, 0) is 12.3 Å². The van der Waals surface area contributed by atoms with Crippen molar-refractivity contribution in [1.29, 1.82) is 0 Å². The molecule has 0 radical (unpaired) electrons. The van der Waals surface area contributed by atoms with E-state index in [0.717, 1.165) is 0 Å². The van der Waals surface area contributed by atoms with Crippen molar-refractivity contribution in [2.45, 2.75) is 27.2 Å². The average molecular weight is 172 g/mol. The normalized spacial score (nSPS) is 13.9. The summed E-state index contributed by atoms with van der Waals surface area (Å²) < 4.78 is 0. The van der Waals surface area contributed by atoms with E-state index in [9.17, 15) is 19.8 Å². The number of aliphatic carboxylic acids is 2. The van der Waals surface area contributed by atoms with E-state index >= 15 is 0 Å². The van der Waals surface area contributed by atoms with Gasteiger partial charge in [0.25, 0.3) is 0 Å². The van der Waals surface area contributed by atoms with Gasteiger partial charge in [-0.1, -0.05) is 20.8 Å². The predicted octanol–water partition coefficient (Wildman–Crippen LogP) is -1.46. The molecule has 0 fully saturated rings. The van der Waals surface area contributed by atoms with Gasteiger partial charge in [0.1, 0.15) is 0 Å². The fraction of sp³-hybridized carbons (Fsp3) is 0.750.